The van der Waals surface area contributed by atoms with Crippen molar-refractivity contribution in [1.29, 1.82) is 0 Å². The van der Waals surface area contributed by atoms with Gasteiger partial charge in [0.25, 0.3) is 20.0 Å². The first-order valence-electron chi connectivity index (χ1n) is 7.44. The molecule has 0 saturated carbocycles. The molecule has 0 unspecified atom stereocenters. The zero-order valence-electron chi connectivity index (χ0n) is 13.3. The second-order valence-electron chi connectivity index (χ2n) is 5.27. The third-order valence-corrected chi connectivity index (χ3v) is 9.65. The quantitative estimate of drug-likeness (QED) is 0.463. The lowest BCUT2D eigenvalue weighted by molar-refractivity contribution is 0.496. The van der Waals surface area contributed by atoms with Crippen molar-refractivity contribution in [3.63, 3.8) is 0 Å². The van der Waals surface area contributed by atoms with E-state index in [1.54, 1.807) is 42.5 Å². The molecular weight excluding hydrogens is 505 g/mol. The van der Waals surface area contributed by atoms with E-state index in [1.165, 1.54) is 35.6 Å². The van der Waals surface area contributed by atoms with Crippen LogP contribution in [0.3, 0.4) is 0 Å². The number of rotatable bonds is 6. The number of nitrogens with zero attached hydrogens (tertiary/aromatic N) is 1. The van der Waals surface area contributed by atoms with E-state index in [-0.39, 0.29) is 16.3 Å². The molecule has 0 aliphatic heterocycles. The Labute approximate surface area is 170 Å². The summed E-state index contributed by atoms with van der Waals surface area (Å²) in [5.74, 6) is 0. The summed E-state index contributed by atoms with van der Waals surface area (Å²) in [6, 6.07) is 18.7. The van der Waals surface area contributed by atoms with Crippen molar-refractivity contribution in [2.24, 2.45) is 0 Å². The lowest BCUT2D eigenvalue weighted by atomic mass is 10.4. The number of sulfonamides is 2. The SMILES string of the molecule is O=S(=O)(c1ccccc1)N(Cc1ccc(I)s1)S(=O)(=O)c1ccccc1. The van der Waals surface area contributed by atoms with Gasteiger partial charge in [-0.2, -0.15) is 0 Å². The van der Waals surface area contributed by atoms with Crippen LogP contribution < -0.4 is 0 Å². The van der Waals surface area contributed by atoms with Gasteiger partial charge in [-0.1, -0.05) is 40.1 Å². The summed E-state index contributed by atoms with van der Waals surface area (Å²) in [7, 11) is -8.49. The second kappa shape index (κ2) is 7.77. The largest absolute Gasteiger partial charge is 0.256 e. The Bertz CT molecular complexity index is 1030. The minimum absolute atomic E-state index is 0.0641. The second-order valence-corrected chi connectivity index (χ2v) is 12.3. The minimum Gasteiger partial charge on any atom is -0.206 e. The fraction of sp³-hybridized carbons (Fsp3) is 0.0588. The van der Waals surface area contributed by atoms with E-state index in [2.05, 4.69) is 22.6 Å². The molecule has 0 atom stereocenters. The van der Waals surface area contributed by atoms with Crippen LogP contribution in [0.25, 0.3) is 0 Å². The summed E-state index contributed by atoms with van der Waals surface area (Å²) in [5, 5.41) is 0. The third kappa shape index (κ3) is 4.01. The van der Waals surface area contributed by atoms with Gasteiger partial charge >= 0.3 is 0 Å². The van der Waals surface area contributed by atoms with Gasteiger partial charge in [0.1, 0.15) is 0 Å². The van der Waals surface area contributed by atoms with E-state index in [0.29, 0.717) is 8.59 Å². The van der Waals surface area contributed by atoms with Crippen molar-refractivity contribution < 1.29 is 16.8 Å². The first-order chi connectivity index (χ1) is 12.3. The van der Waals surface area contributed by atoms with Crippen LogP contribution in [0, 0.1) is 2.88 Å². The van der Waals surface area contributed by atoms with Crippen molar-refractivity contribution in [3.05, 3.63) is 80.6 Å². The van der Waals surface area contributed by atoms with Crippen LogP contribution in [-0.4, -0.2) is 20.5 Å². The molecule has 0 fully saturated rings. The molecule has 0 radical (unpaired) electrons. The van der Waals surface area contributed by atoms with E-state index in [1.807, 2.05) is 6.07 Å². The lowest BCUT2D eigenvalue weighted by Gasteiger charge is -2.21. The number of halogens is 1. The Kier molecular flexibility index (Phi) is 5.82. The maximum Gasteiger partial charge on any atom is 0.256 e. The van der Waals surface area contributed by atoms with E-state index >= 15 is 0 Å². The van der Waals surface area contributed by atoms with Gasteiger partial charge in [0, 0.05) is 4.88 Å². The molecule has 3 rings (SSSR count). The molecule has 26 heavy (non-hydrogen) atoms. The predicted octanol–water partition coefficient (Wildman–Crippen LogP) is 3.93. The van der Waals surface area contributed by atoms with Gasteiger partial charge in [-0.3, -0.25) is 0 Å². The Morgan fingerprint density at radius 2 is 1.19 bits per heavy atom. The van der Waals surface area contributed by atoms with Crippen molar-refractivity contribution in [2.75, 3.05) is 0 Å². The normalized spacial score (nSPS) is 12.4. The summed E-state index contributed by atoms with van der Waals surface area (Å²) in [4.78, 5) is 0.518. The van der Waals surface area contributed by atoms with Crippen molar-refractivity contribution in [1.82, 2.24) is 3.71 Å². The van der Waals surface area contributed by atoms with Crippen molar-refractivity contribution >= 4 is 54.0 Å². The lowest BCUT2D eigenvalue weighted by Crippen LogP contribution is -2.36. The standard InChI is InChI=1S/C17H14INO4S3/c18-17-12-11-14(24-17)13-19(25(20,21)15-7-3-1-4-8-15)26(22,23)16-9-5-2-6-10-16/h1-12H,13H2. The molecule has 9 heteroatoms. The van der Waals surface area contributed by atoms with Crippen LogP contribution in [0.1, 0.15) is 4.88 Å². The number of hydrogen-bond acceptors (Lipinski definition) is 5. The molecule has 136 valence electrons. The highest BCUT2D eigenvalue weighted by Crippen LogP contribution is 2.29. The summed E-state index contributed by atoms with van der Waals surface area (Å²) in [6.07, 6.45) is 0. The highest BCUT2D eigenvalue weighted by Gasteiger charge is 2.36. The fourth-order valence-electron chi connectivity index (χ4n) is 2.28. The van der Waals surface area contributed by atoms with E-state index in [0.717, 1.165) is 2.88 Å². The van der Waals surface area contributed by atoms with Gasteiger partial charge in [0.05, 0.1) is 19.2 Å². The maximum absolute atomic E-state index is 13.1. The smallest absolute Gasteiger partial charge is 0.206 e. The van der Waals surface area contributed by atoms with Crippen LogP contribution >= 0.6 is 33.9 Å². The summed E-state index contributed by atoms with van der Waals surface area (Å²) in [5.41, 5.74) is 0. The molecular formula is C17H14INO4S3. The molecule has 0 aliphatic carbocycles. The highest BCUT2D eigenvalue weighted by atomic mass is 127. The van der Waals surface area contributed by atoms with Crippen LogP contribution in [0.4, 0.5) is 0 Å². The van der Waals surface area contributed by atoms with Crippen LogP contribution in [-0.2, 0) is 26.6 Å². The monoisotopic (exact) mass is 519 g/mol. The molecule has 0 bridgehead atoms. The number of hydrogen-bond donors (Lipinski definition) is 0. The average molecular weight is 519 g/mol. The maximum atomic E-state index is 13.1. The van der Waals surface area contributed by atoms with Crippen LogP contribution in [0.5, 0.6) is 0 Å². The van der Waals surface area contributed by atoms with Gasteiger partial charge in [-0.15, -0.1) is 11.3 Å². The Balaban J connectivity index is 2.14. The first kappa shape index (κ1) is 19.5. The van der Waals surface area contributed by atoms with Crippen LogP contribution in [0.15, 0.2) is 82.6 Å². The minimum atomic E-state index is -4.25. The molecule has 5 nitrogen and oxygen atoms in total. The molecule has 0 saturated heterocycles. The predicted molar refractivity (Wildman–Crippen MR) is 110 cm³/mol. The van der Waals surface area contributed by atoms with Crippen molar-refractivity contribution in [2.45, 2.75) is 16.3 Å². The Morgan fingerprint density at radius 1 is 0.731 bits per heavy atom. The first-order valence-corrected chi connectivity index (χ1v) is 12.2. The topological polar surface area (TPSA) is 71.5 Å². The average Bonchev–Trinajstić information content (AvgIpc) is 3.06. The van der Waals surface area contributed by atoms with Crippen LogP contribution in [0.2, 0.25) is 0 Å². The molecule has 1 heterocycles. The zero-order chi connectivity index (χ0) is 18.8. The van der Waals surface area contributed by atoms with E-state index < -0.39 is 20.0 Å². The van der Waals surface area contributed by atoms with Gasteiger partial charge in [0.15, 0.2) is 0 Å². The summed E-state index contributed by atoms with van der Waals surface area (Å²) in [6.45, 7) is -0.248. The Hall–Kier alpha value is -1.27. The summed E-state index contributed by atoms with van der Waals surface area (Å²) < 4.78 is 54.0. The van der Waals surface area contributed by atoms with E-state index in [9.17, 15) is 16.8 Å². The third-order valence-electron chi connectivity index (χ3n) is 3.53. The van der Waals surface area contributed by atoms with Crippen molar-refractivity contribution in [3.8, 4) is 0 Å². The number of thiophene rings is 1. The molecule has 0 N–H and O–H groups in total. The molecule has 3 aromatic rings. The molecule has 1 aromatic heterocycles. The molecule has 0 spiro atoms. The van der Waals surface area contributed by atoms with Gasteiger partial charge in [-0.05, 0) is 59.0 Å². The van der Waals surface area contributed by atoms with E-state index in [4.69, 9.17) is 0 Å². The molecule has 0 amide bonds. The zero-order valence-corrected chi connectivity index (χ0v) is 17.9. The highest BCUT2D eigenvalue weighted by molar-refractivity contribution is 14.1. The molecule has 2 aromatic carbocycles. The van der Waals surface area contributed by atoms with Gasteiger partial charge < -0.3 is 0 Å². The Morgan fingerprint density at radius 3 is 1.58 bits per heavy atom. The molecule has 0 aliphatic rings. The fourth-order valence-corrected chi connectivity index (χ4v) is 7.83. The van der Waals surface area contributed by atoms with Gasteiger partial charge in [-0.25, -0.2) is 16.8 Å². The summed E-state index contributed by atoms with van der Waals surface area (Å²) >= 11 is 3.47. The number of benzene rings is 2. The van der Waals surface area contributed by atoms with Gasteiger partial charge in [0.2, 0.25) is 0 Å².